The quantitative estimate of drug-likeness (QED) is 0.754. The van der Waals surface area contributed by atoms with Crippen molar-refractivity contribution in [2.75, 3.05) is 59.4 Å². The standard InChI is InChI=1S/C13H27N3S/c1-14-9-11-16(12-10-14)6-2-5-15-7-3-13(17)4-8-15/h13,17H,2-12H2,1H3. The van der Waals surface area contributed by atoms with E-state index in [2.05, 4.69) is 34.4 Å². The molecule has 2 fully saturated rings. The van der Waals surface area contributed by atoms with Crippen molar-refractivity contribution in [3.63, 3.8) is 0 Å². The predicted molar refractivity (Wildman–Crippen MR) is 77.0 cm³/mol. The predicted octanol–water partition coefficient (Wildman–Crippen LogP) is 1.02. The zero-order chi connectivity index (χ0) is 12.1. The second-order valence-corrected chi connectivity index (χ2v) is 6.30. The lowest BCUT2D eigenvalue weighted by atomic mass is 10.1. The molecular weight excluding hydrogens is 230 g/mol. The molecule has 2 rings (SSSR count). The summed E-state index contributed by atoms with van der Waals surface area (Å²) in [6.45, 7) is 10.1. The van der Waals surface area contributed by atoms with Crippen molar-refractivity contribution in [1.82, 2.24) is 14.7 Å². The molecule has 2 aliphatic rings. The number of thiol groups is 1. The van der Waals surface area contributed by atoms with Crippen LogP contribution in [0.5, 0.6) is 0 Å². The van der Waals surface area contributed by atoms with Crippen molar-refractivity contribution in [2.24, 2.45) is 0 Å². The lowest BCUT2D eigenvalue weighted by Crippen LogP contribution is -2.45. The van der Waals surface area contributed by atoms with E-state index in [0.717, 1.165) is 0 Å². The first kappa shape index (κ1) is 13.7. The van der Waals surface area contributed by atoms with Crippen molar-refractivity contribution < 1.29 is 0 Å². The third-order valence-corrected chi connectivity index (χ3v) is 4.62. The molecule has 17 heavy (non-hydrogen) atoms. The monoisotopic (exact) mass is 257 g/mol. The second kappa shape index (κ2) is 6.98. The molecule has 0 aromatic heterocycles. The minimum absolute atomic E-state index is 0.656. The summed E-state index contributed by atoms with van der Waals surface area (Å²) in [5, 5.41) is 0.656. The Kier molecular flexibility index (Phi) is 5.60. The van der Waals surface area contributed by atoms with Gasteiger partial charge in [0.2, 0.25) is 0 Å². The van der Waals surface area contributed by atoms with E-state index in [4.69, 9.17) is 0 Å². The summed E-state index contributed by atoms with van der Waals surface area (Å²) in [6.07, 6.45) is 3.89. The molecule has 0 radical (unpaired) electrons. The van der Waals surface area contributed by atoms with Crippen LogP contribution >= 0.6 is 12.6 Å². The van der Waals surface area contributed by atoms with Crippen LogP contribution in [0.25, 0.3) is 0 Å². The molecule has 2 aliphatic heterocycles. The molecule has 0 aromatic carbocycles. The van der Waals surface area contributed by atoms with Gasteiger partial charge in [-0.15, -0.1) is 0 Å². The largest absolute Gasteiger partial charge is 0.304 e. The van der Waals surface area contributed by atoms with Gasteiger partial charge in [0.1, 0.15) is 0 Å². The Balaban J connectivity index is 1.54. The number of likely N-dealkylation sites (tertiary alicyclic amines) is 1. The zero-order valence-electron chi connectivity index (χ0n) is 11.1. The Morgan fingerprint density at radius 2 is 1.41 bits per heavy atom. The van der Waals surface area contributed by atoms with Gasteiger partial charge in [-0.2, -0.15) is 12.6 Å². The zero-order valence-corrected chi connectivity index (χ0v) is 12.0. The molecule has 0 atom stereocenters. The summed E-state index contributed by atoms with van der Waals surface area (Å²) in [6, 6.07) is 0. The molecule has 3 nitrogen and oxygen atoms in total. The van der Waals surface area contributed by atoms with E-state index >= 15 is 0 Å². The molecule has 4 heteroatoms. The molecule has 0 aliphatic carbocycles. The summed E-state index contributed by atoms with van der Waals surface area (Å²) in [7, 11) is 2.22. The van der Waals surface area contributed by atoms with E-state index < -0.39 is 0 Å². The molecule has 2 heterocycles. The molecule has 0 amide bonds. The van der Waals surface area contributed by atoms with Gasteiger partial charge in [-0.3, -0.25) is 0 Å². The second-order valence-electron chi connectivity index (χ2n) is 5.57. The van der Waals surface area contributed by atoms with Crippen LogP contribution in [-0.4, -0.2) is 79.4 Å². The third-order valence-electron chi connectivity index (χ3n) is 4.10. The van der Waals surface area contributed by atoms with E-state index in [1.165, 1.54) is 71.6 Å². The van der Waals surface area contributed by atoms with E-state index in [0.29, 0.717) is 5.25 Å². The van der Waals surface area contributed by atoms with Crippen LogP contribution in [0.3, 0.4) is 0 Å². The fourth-order valence-electron chi connectivity index (χ4n) is 2.73. The lowest BCUT2D eigenvalue weighted by molar-refractivity contribution is 0.143. The van der Waals surface area contributed by atoms with Crippen LogP contribution in [-0.2, 0) is 0 Å². The number of nitrogens with zero attached hydrogens (tertiary/aromatic N) is 3. The summed E-state index contributed by atoms with van der Waals surface area (Å²) < 4.78 is 0. The number of hydrogen-bond donors (Lipinski definition) is 1. The van der Waals surface area contributed by atoms with E-state index in [-0.39, 0.29) is 0 Å². The van der Waals surface area contributed by atoms with Crippen LogP contribution < -0.4 is 0 Å². The summed E-state index contributed by atoms with van der Waals surface area (Å²) in [4.78, 5) is 7.65. The van der Waals surface area contributed by atoms with E-state index in [1.54, 1.807) is 0 Å². The van der Waals surface area contributed by atoms with Crippen LogP contribution in [0, 0.1) is 0 Å². The maximum absolute atomic E-state index is 4.54. The van der Waals surface area contributed by atoms with Crippen molar-refractivity contribution >= 4 is 12.6 Å². The average Bonchev–Trinajstić information content (AvgIpc) is 2.34. The molecule has 0 aromatic rings. The number of rotatable bonds is 4. The highest BCUT2D eigenvalue weighted by atomic mass is 32.1. The highest BCUT2D eigenvalue weighted by molar-refractivity contribution is 7.80. The maximum Gasteiger partial charge on any atom is 0.0110 e. The smallest absolute Gasteiger partial charge is 0.0110 e. The van der Waals surface area contributed by atoms with Crippen LogP contribution in [0.4, 0.5) is 0 Å². The minimum Gasteiger partial charge on any atom is -0.304 e. The van der Waals surface area contributed by atoms with Gasteiger partial charge < -0.3 is 14.7 Å². The Labute approximate surface area is 112 Å². The van der Waals surface area contributed by atoms with Crippen molar-refractivity contribution in [2.45, 2.75) is 24.5 Å². The Bertz CT molecular complexity index is 187. The van der Waals surface area contributed by atoms with Gasteiger partial charge in [0.25, 0.3) is 0 Å². The van der Waals surface area contributed by atoms with Crippen LogP contribution in [0.2, 0.25) is 0 Å². The van der Waals surface area contributed by atoms with Gasteiger partial charge in [0.15, 0.2) is 0 Å². The molecule has 2 saturated heterocycles. The first-order chi connectivity index (χ1) is 8.24. The number of piperidine rings is 1. The molecule has 100 valence electrons. The lowest BCUT2D eigenvalue weighted by Gasteiger charge is -2.34. The topological polar surface area (TPSA) is 9.72 Å². The van der Waals surface area contributed by atoms with E-state index in [1.807, 2.05) is 0 Å². The highest BCUT2D eigenvalue weighted by Crippen LogP contribution is 2.15. The molecule has 0 bridgehead atoms. The van der Waals surface area contributed by atoms with Crippen LogP contribution in [0.15, 0.2) is 0 Å². The summed E-state index contributed by atoms with van der Waals surface area (Å²) >= 11 is 4.54. The van der Waals surface area contributed by atoms with Gasteiger partial charge in [-0.25, -0.2) is 0 Å². The number of piperazine rings is 1. The number of hydrogen-bond acceptors (Lipinski definition) is 4. The van der Waals surface area contributed by atoms with Gasteiger partial charge in [-0.05, 0) is 52.5 Å². The SMILES string of the molecule is CN1CCN(CCCN2CCC(S)CC2)CC1. The fraction of sp³-hybridized carbons (Fsp3) is 1.00. The van der Waals surface area contributed by atoms with Crippen molar-refractivity contribution in [3.05, 3.63) is 0 Å². The first-order valence-corrected chi connectivity index (χ1v) is 7.57. The van der Waals surface area contributed by atoms with Gasteiger partial charge >= 0.3 is 0 Å². The highest BCUT2D eigenvalue weighted by Gasteiger charge is 2.17. The Hall–Kier alpha value is 0.230. The maximum atomic E-state index is 4.54. The summed E-state index contributed by atoms with van der Waals surface area (Å²) in [5.41, 5.74) is 0. The Morgan fingerprint density at radius 3 is 2.00 bits per heavy atom. The average molecular weight is 257 g/mol. The molecule has 0 spiro atoms. The molecule has 0 saturated carbocycles. The molecular formula is C13H27N3S. The van der Waals surface area contributed by atoms with Gasteiger partial charge in [-0.1, -0.05) is 0 Å². The van der Waals surface area contributed by atoms with Gasteiger partial charge in [0.05, 0.1) is 0 Å². The van der Waals surface area contributed by atoms with Crippen molar-refractivity contribution in [3.8, 4) is 0 Å². The fourth-order valence-corrected chi connectivity index (χ4v) is 2.96. The molecule has 0 unspecified atom stereocenters. The molecule has 0 N–H and O–H groups in total. The Morgan fingerprint density at radius 1 is 0.882 bits per heavy atom. The van der Waals surface area contributed by atoms with E-state index in [9.17, 15) is 0 Å². The minimum atomic E-state index is 0.656. The van der Waals surface area contributed by atoms with Crippen molar-refractivity contribution in [1.29, 1.82) is 0 Å². The van der Waals surface area contributed by atoms with Crippen LogP contribution in [0.1, 0.15) is 19.3 Å². The summed E-state index contributed by atoms with van der Waals surface area (Å²) in [5.74, 6) is 0. The van der Waals surface area contributed by atoms with Gasteiger partial charge in [0, 0.05) is 31.4 Å². The third kappa shape index (κ3) is 4.78. The first-order valence-electron chi connectivity index (χ1n) is 7.05. The number of likely N-dealkylation sites (N-methyl/N-ethyl adjacent to an activating group) is 1. The normalized spacial score (nSPS) is 26.5.